The molecule has 0 atom stereocenters. The number of fused-ring (bicyclic) bond motifs is 1. The minimum atomic E-state index is 0.274. The highest BCUT2D eigenvalue weighted by Gasteiger charge is 2.18. The van der Waals surface area contributed by atoms with Gasteiger partial charge in [-0.2, -0.15) is 0 Å². The van der Waals surface area contributed by atoms with Crippen molar-refractivity contribution in [2.24, 2.45) is 5.73 Å². The van der Waals surface area contributed by atoms with Gasteiger partial charge in [0.15, 0.2) is 11.5 Å². The van der Waals surface area contributed by atoms with E-state index in [9.17, 15) is 0 Å². The molecule has 2 aliphatic rings. The van der Waals surface area contributed by atoms with E-state index < -0.39 is 0 Å². The average molecular weight is 264 g/mol. The van der Waals surface area contributed by atoms with Crippen molar-refractivity contribution < 1.29 is 14.2 Å². The fourth-order valence-electron chi connectivity index (χ4n) is 2.55. The van der Waals surface area contributed by atoms with Gasteiger partial charge in [0.05, 0.1) is 0 Å². The first-order valence-electron chi connectivity index (χ1n) is 6.84. The van der Waals surface area contributed by atoms with Crippen LogP contribution in [0, 0.1) is 0 Å². The molecule has 5 heteroatoms. The second-order valence-corrected chi connectivity index (χ2v) is 4.91. The summed E-state index contributed by atoms with van der Waals surface area (Å²) in [5.74, 6) is 2.31. The van der Waals surface area contributed by atoms with Gasteiger partial charge in [-0.25, -0.2) is 0 Å². The van der Waals surface area contributed by atoms with Gasteiger partial charge in [0.1, 0.15) is 12.4 Å². The second-order valence-electron chi connectivity index (χ2n) is 4.91. The number of rotatable bonds is 5. The van der Waals surface area contributed by atoms with Crippen molar-refractivity contribution in [3.05, 3.63) is 17.7 Å². The van der Waals surface area contributed by atoms with Crippen molar-refractivity contribution in [1.82, 2.24) is 4.90 Å². The van der Waals surface area contributed by atoms with Gasteiger partial charge >= 0.3 is 0 Å². The van der Waals surface area contributed by atoms with Gasteiger partial charge in [0.2, 0.25) is 6.79 Å². The predicted molar refractivity (Wildman–Crippen MR) is 71.6 cm³/mol. The maximum atomic E-state index is 5.86. The molecule has 104 valence electrons. The van der Waals surface area contributed by atoms with Crippen LogP contribution >= 0.6 is 0 Å². The normalized spacial score (nSPS) is 17.9. The number of ether oxygens (including phenoxy) is 3. The third kappa shape index (κ3) is 2.77. The number of hydrogen-bond donors (Lipinski definition) is 1. The van der Waals surface area contributed by atoms with E-state index in [2.05, 4.69) is 4.90 Å². The van der Waals surface area contributed by atoms with E-state index in [-0.39, 0.29) is 6.79 Å². The van der Waals surface area contributed by atoms with E-state index in [1.165, 1.54) is 25.9 Å². The van der Waals surface area contributed by atoms with Crippen LogP contribution in [0.25, 0.3) is 0 Å². The van der Waals surface area contributed by atoms with Crippen LogP contribution in [0.15, 0.2) is 12.1 Å². The molecule has 1 aromatic carbocycles. The highest BCUT2D eigenvalue weighted by molar-refractivity contribution is 5.51. The van der Waals surface area contributed by atoms with Crippen LogP contribution in [-0.4, -0.2) is 37.9 Å². The molecule has 1 fully saturated rings. The molecule has 2 heterocycles. The van der Waals surface area contributed by atoms with Crippen molar-refractivity contribution in [3.8, 4) is 17.2 Å². The Balaban J connectivity index is 1.62. The molecule has 0 saturated carbocycles. The van der Waals surface area contributed by atoms with E-state index in [1.54, 1.807) is 0 Å². The molecule has 0 bridgehead atoms. The summed E-state index contributed by atoms with van der Waals surface area (Å²) in [5.41, 5.74) is 6.72. The van der Waals surface area contributed by atoms with Crippen LogP contribution in [0.5, 0.6) is 17.2 Å². The minimum Gasteiger partial charge on any atom is -0.492 e. The Hall–Kier alpha value is -1.46. The Bertz CT molecular complexity index is 445. The van der Waals surface area contributed by atoms with E-state index in [1.807, 2.05) is 12.1 Å². The van der Waals surface area contributed by atoms with Crippen molar-refractivity contribution in [3.63, 3.8) is 0 Å². The molecule has 0 unspecified atom stereocenters. The van der Waals surface area contributed by atoms with Gasteiger partial charge in [0.25, 0.3) is 0 Å². The smallest absolute Gasteiger partial charge is 0.231 e. The standard InChI is InChI=1S/C14H20N2O3/c15-9-11-7-13-14(19-10-18-13)8-12(11)17-6-5-16-3-1-2-4-16/h7-8H,1-6,9-10,15H2. The first-order chi connectivity index (χ1) is 9.36. The van der Waals surface area contributed by atoms with Crippen LogP contribution in [-0.2, 0) is 6.54 Å². The van der Waals surface area contributed by atoms with Crippen molar-refractivity contribution >= 4 is 0 Å². The maximum Gasteiger partial charge on any atom is 0.231 e. The fourth-order valence-corrected chi connectivity index (χ4v) is 2.55. The van der Waals surface area contributed by atoms with Gasteiger partial charge in [-0.3, -0.25) is 4.90 Å². The lowest BCUT2D eigenvalue weighted by Gasteiger charge is -2.16. The summed E-state index contributed by atoms with van der Waals surface area (Å²) in [7, 11) is 0. The summed E-state index contributed by atoms with van der Waals surface area (Å²) in [6, 6.07) is 3.79. The lowest BCUT2D eigenvalue weighted by molar-refractivity contribution is 0.173. The van der Waals surface area contributed by atoms with Crippen molar-refractivity contribution in [2.75, 3.05) is 33.0 Å². The van der Waals surface area contributed by atoms with Gasteiger partial charge in [-0.1, -0.05) is 0 Å². The van der Waals surface area contributed by atoms with Crippen LogP contribution in [0.3, 0.4) is 0 Å². The number of hydrogen-bond acceptors (Lipinski definition) is 5. The molecule has 2 N–H and O–H groups in total. The zero-order valence-corrected chi connectivity index (χ0v) is 11.1. The molecule has 3 rings (SSSR count). The van der Waals surface area contributed by atoms with E-state index in [0.29, 0.717) is 13.2 Å². The summed E-state index contributed by atoms with van der Waals surface area (Å²) >= 11 is 0. The zero-order chi connectivity index (χ0) is 13.1. The van der Waals surface area contributed by atoms with E-state index in [0.717, 1.165) is 29.4 Å². The third-order valence-electron chi connectivity index (χ3n) is 3.64. The predicted octanol–water partition coefficient (Wildman–Crippen LogP) is 1.35. The second kappa shape index (κ2) is 5.67. The minimum absolute atomic E-state index is 0.274. The largest absolute Gasteiger partial charge is 0.492 e. The van der Waals surface area contributed by atoms with Gasteiger partial charge in [0, 0.05) is 24.7 Å². The molecule has 19 heavy (non-hydrogen) atoms. The molecular formula is C14H20N2O3. The molecule has 2 aliphatic heterocycles. The monoisotopic (exact) mass is 264 g/mol. The highest BCUT2D eigenvalue weighted by Crippen LogP contribution is 2.37. The number of benzene rings is 1. The average Bonchev–Trinajstić information content (AvgIpc) is 3.08. The first-order valence-corrected chi connectivity index (χ1v) is 6.84. The molecule has 5 nitrogen and oxygen atoms in total. The van der Waals surface area contributed by atoms with Crippen LogP contribution in [0.1, 0.15) is 18.4 Å². The van der Waals surface area contributed by atoms with Gasteiger partial charge in [-0.05, 0) is 32.0 Å². The number of nitrogens with two attached hydrogens (primary N) is 1. The quantitative estimate of drug-likeness (QED) is 0.870. The van der Waals surface area contributed by atoms with Crippen LogP contribution in [0.4, 0.5) is 0 Å². The SMILES string of the molecule is NCc1cc2c(cc1OCCN1CCCC1)OCO2. The lowest BCUT2D eigenvalue weighted by atomic mass is 10.2. The molecule has 0 aliphatic carbocycles. The summed E-state index contributed by atoms with van der Waals surface area (Å²) in [6.45, 7) is 4.75. The summed E-state index contributed by atoms with van der Waals surface area (Å²) in [6.07, 6.45) is 2.61. The topological polar surface area (TPSA) is 57.0 Å². The van der Waals surface area contributed by atoms with Crippen molar-refractivity contribution in [1.29, 1.82) is 0 Å². The Kier molecular flexibility index (Phi) is 3.75. The number of likely N-dealkylation sites (tertiary alicyclic amines) is 1. The fraction of sp³-hybridized carbons (Fsp3) is 0.571. The molecule has 0 radical (unpaired) electrons. The first kappa shape index (κ1) is 12.6. The molecule has 0 spiro atoms. The van der Waals surface area contributed by atoms with E-state index in [4.69, 9.17) is 19.9 Å². The maximum absolute atomic E-state index is 5.86. The highest BCUT2D eigenvalue weighted by atomic mass is 16.7. The third-order valence-corrected chi connectivity index (χ3v) is 3.64. The Labute approximate surface area is 113 Å². The molecular weight excluding hydrogens is 244 g/mol. The summed E-state index contributed by atoms with van der Waals surface area (Å²) < 4.78 is 16.6. The molecule has 0 aromatic heterocycles. The molecule has 1 aromatic rings. The van der Waals surface area contributed by atoms with Gasteiger partial charge in [-0.15, -0.1) is 0 Å². The molecule has 1 saturated heterocycles. The Morgan fingerprint density at radius 3 is 2.63 bits per heavy atom. The van der Waals surface area contributed by atoms with Crippen molar-refractivity contribution in [2.45, 2.75) is 19.4 Å². The van der Waals surface area contributed by atoms with E-state index >= 15 is 0 Å². The zero-order valence-electron chi connectivity index (χ0n) is 11.1. The van der Waals surface area contributed by atoms with Gasteiger partial charge < -0.3 is 19.9 Å². The summed E-state index contributed by atoms with van der Waals surface area (Å²) in [4.78, 5) is 2.43. The van der Waals surface area contributed by atoms with Crippen LogP contribution < -0.4 is 19.9 Å². The Morgan fingerprint density at radius 2 is 1.89 bits per heavy atom. The molecule has 0 amide bonds. The lowest BCUT2D eigenvalue weighted by Crippen LogP contribution is -2.25. The summed E-state index contributed by atoms with van der Waals surface area (Å²) in [5, 5.41) is 0. The Morgan fingerprint density at radius 1 is 1.16 bits per heavy atom. The van der Waals surface area contributed by atoms with Crippen LogP contribution in [0.2, 0.25) is 0 Å². The number of nitrogens with zero attached hydrogens (tertiary/aromatic N) is 1.